The van der Waals surface area contributed by atoms with Gasteiger partial charge >= 0.3 is 5.97 Å². The van der Waals surface area contributed by atoms with Crippen LogP contribution in [0.4, 0.5) is 21.5 Å². The Morgan fingerprint density at radius 1 is 1.18 bits per heavy atom. The van der Waals surface area contributed by atoms with E-state index in [1.165, 1.54) is 18.2 Å². The van der Waals surface area contributed by atoms with Gasteiger partial charge in [-0.15, -0.1) is 0 Å². The first-order chi connectivity index (χ1) is 15.9. The topological polar surface area (TPSA) is 102 Å². The molecule has 8 nitrogen and oxygen atoms in total. The first kappa shape index (κ1) is 23.7. The molecule has 1 spiro atoms. The van der Waals surface area contributed by atoms with Gasteiger partial charge in [0.25, 0.3) is 11.6 Å². The Morgan fingerprint density at radius 3 is 2.53 bits per heavy atom. The maximum atomic E-state index is 13.8. The van der Waals surface area contributed by atoms with E-state index in [2.05, 4.69) is 5.32 Å². The Bertz CT molecular complexity index is 1150. The lowest BCUT2D eigenvalue weighted by molar-refractivity contribution is -0.384. The number of carbonyl (C=O) groups is 2. The molecule has 1 aliphatic heterocycles. The van der Waals surface area contributed by atoms with Gasteiger partial charge in [-0.1, -0.05) is 0 Å². The van der Waals surface area contributed by atoms with Crippen LogP contribution in [0.1, 0.15) is 56.0 Å². The molecule has 1 saturated heterocycles. The number of rotatable bonds is 6. The predicted molar refractivity (Wildman–Crippen MR) is 125 cm³/mol. The predicted octanol–water partition coefficient (Wildman–Crippen LogP) is 4.86. The molecule has 0 atom stereocenters. The molecule has 0 bridgehead atoms. The van der Waals surface area contributed by atoms with E-state index in [9.17, 15) is 24.1 Å². The van der Waals surface area contributed by atoms with Gasteiger partial charge in [-0.05, 0) is 81.3 Å². The van der Waals surface area contributed by atoms with Gasteiger partial charge in [0, 0.05) is 30.4 Å². The number of esters is 1. The number of nitro groups is 1. The largest absolute Gasteiger partial charge is 0.460 e. The third kappa shape index (κ3) is 5.35. The minimum Gasteiger partial charge on any atom is -0.460 e. The lowest BCUT2D eigenvalue weighted by atomic mass is 10.1. The Hall–Kier alpha value is -3.49. The molecule has 2 aliphatic rings. The summed E-state index contributed by atoms with van der Waals surface area (Å²) in [5, 5.41) is 14.4. The second-order valence-electron chi connectivity index (χ2n) is 10.2. The first-order valence-electron chi connectivity index (χ1n) is 11.3. The summed E-state index contributed by atoms with van der Waals surface area (Å²) in [6.45, 7) is 6.73. The van der Waals surface area contributed by atoms with Crippen LogP contribution in [0, 0.1) is 21.3 Å². The minimum absolute atomic E-state index is 0.100. The Labute approximate surface area is 197 Å². The van der Waals surface area contributed by atoms with Crippen molar-refractivity contribution in [1.29, 1.82) is 0 Å². The monoisotopic (exact) mass is 469 g/mol. The molecule has 1 aliphatic carbocycles. The molecule has 2 aromatic rings. The van der Waals surface area contributed by atoms with Crippen LogP contribution in [-0.4, -0.2) is 35.5 Å². The summed E-state index contributed by atoms with van der Waals surface area (Å²) < 4.78 is 19.1. The highest BCUT2D eigenvalue weighted by atomic mass is 19.1. The van der Waals surface area contributed by atoms with E-state index in [4.69, 9.17) is 4.74 Å². The number of benzene rings is 2. The van der Waals surface area contributed by atoms with Gasteiger partial charge in [-0.25, -0.2) is 4.39 Å². The highest BCUT2D eigenvalue weighted by Crippen LogP contribution is 2.54. The van der Waals surface area contributed by atoms with Crippen LogP contribution < -0.4 is 10.2 Å². The van der Waals surface area contributed by atoms with E-state index in [1.54, 1.807) is 32.9 Å². The van der Waals surface area contributed by atoms with Crippen LogP contribution in [0.15, 0.2) is 36.4 Å². The maximum Gasteiger partial charge on any atom is 0.310 e. The molecule has 4 rings (SSSR count). The molecule has 1 amide bonds. The second kappa shape index (κ2) is 8.70. The fourth-order valence-corrected chi connectivity index (χ4v) is 4.36. The van der Waals surface area contributed by atoms with Crippen LogP contribution in [0.5, 0.6) is 0 Å². The quantitative estimate of drug-likeness (QED) is 0.368. The number of nitrogens with one attached hydrogen (secondary N) is 1. The minimum atomic E-state index is -0.705. The van der Waals surface area contributed by atoms with Crippen molar-refractivity contribution in [1.82, 2.24) is 0 Å². The van der Waals surface area contributed by atoms with E-state index in [1.807, 2.05) is 4.90 Å². The normalized spacial score (nSPS) is 16.4. The Kier molecular flexibility index (Phi) is 6.05. The summed E-state index contributed by atoms with van der Waals surface area (Å²) in [6.07, 6.45) is 3.10. The van der Waals surface area contributed by atoms with Crippen molar-refractivity contribution in [3.8, 4) is 0 Å². The zero-order valence-corrected chi connectivity index (χ0v) is 19.5. The Morgan fingerprint density at radius 2 is 1.91 bits per heavy atom. The SMILES string of the molecule is CC(C)(C)OC(=O)Cc1cc(F)ccc1NC(=O)c1ccc(N2CCC3(CC3)C2)c([N+](=O)[O-])c1. The fourth-order valence-electron chi connectivity index (χ4n) is 4.36. The van der Waals surface area contributed by atoms with E-state index >= 15 is 0 Å². The van der Waals surface area contributed by atoms with Crippen LogP contribution in [0.3, 0.4) is 0 Å². The molecule has 1 heterocycles. The highest BCUT2D eigenvalue weighted by molar-refractivity contribution is 6.05. The molecule has 9 heteroatoms. The molecule has 1 N–H and O–H groups in total. The van der Waals surface area contributed by atoms with Crippen molar-refractivity contribution in [2.75, 3.05) is 23.3 Å². The Balaban J connectivity index is 1.54. The number of hydrogen-bond donors (Lipinski definition) is 1. The maximum absolute atomic E-state index is 13.8. The number of ether oxygens (including phenoxy) is 1. The molecule has 180 valence electrons. The van der Waals surface area contributed by atoms with E-state index in [0.29, 0.717) is 11.1 Å². The van der Waals surface area contributed by atoms with Crippen molar-refractivity contribution in [2.24, 2.45) is 5.41 Å². The summed E-state index contributed by atoms with van der Waals surface area (Å²) in [7, 11) is 0. The number of hydrogen-bond acceptors (Lipinski definition) is 6. The van der Waals surface area contributed by atoms with Gasteiger partial charge in [0.05, 0.1) is 11.3 Å². The number of halogens is 1. The van der Waals surface area contributed by atoms with Crippen molar-refractivity contribution < 1.29 is 23.6 Å². The van der Waals surface area contributed by atoms with Crippen LogP contribution >= 0.6 is 0 Å². The average Bonchev–Trinajstić information content (AvgIpc) is 3.36. The highest BCUT2D eigenvalue weighted by Gasteiger charge is 2.48. The lowest BCUT2D eigenvalue weighted by Gasteiger charge is -2.20. The third-order valence-electron chi connectivity index (χ3n) is 6.24. The average molecular weight is 470 g/mol. The van der Waals surface area contributed by atoms with Gasteiger partial charge in [0.2, 0.25) is 0 Å². The first-order valence-corrected chi connectivity index (χ1v) is 11.3. The second-order valence-corrected chi connectivity index (χ2v) is 10.2. The molecule has 0 aromatic heterocycles. The summed E-state index contributed by atoms with van der Waals surface area (Å²) in [5.41, 5.74) is 0.569. The van der Waals surface area contributed by atoms with Crippen LogP contribution in [0.25, 0.3) is 0 Å². The van der Waals surface area contributed by atoms with Crippen molar-refractivity contribution in [2.45, 2.75) is 52.1 Å². The zero-order valence-electron chi connectivity index (χ0n) is 19.5. The van der Waals surface area contributed by atoms with Gasteiger partial charge in [0.15, 0.2) is 0 Å². The van der Waals surface area contributed by atoms with Crippen LogP contribution in [0.2, 0.25) is 0 Å². The number of anilines is 2. The summed E-state index contributed by atoms with van der Waals surface area (Å²) >= 11 is 0. The summed E-state index contributed by atoms with van der Waals surface area (Å²) in [5.74, 6) is -1.71. The molecule has 2 aromatic carbocycles. The molecule has 1 saturated carbocycles. The number of nitro benzene ring substituents is 1. The summed E-state index contributed by atoms with van der Waals surface area (Å²) in [6, 6.07) is 8.11. The molecule has 2 fully saturated rings. The van der Waals surface area contributed by atoms with Gasteiger partial charge in [-0.3, -0.25) is 19.7 Å². The van der Waals surface area contributed by atoms with Crippen molar-refractivity contribution in [3.63, 3.8) is 0 Å². The lowest BCUT2D eigenvalue weighted by Crippen LogP contribution is -2.25. The third-order valence-corrected chi connectivity index (χ3v) is 6.24. The standard InChI is InChI=1S/C25H28FN3O5/c1-24(2,3)34-22(30)14-17-12-18(26)5-6-19(17)27-23(31)16-4-7-20(21(13-16)29(32)33)28-11-10-25(15-28)8-9-25/h4-7,12-13H,8-11,14-15H2,1-3H3,(H,27,31). The molecule has 0 radical (unpaired) electrons. The molecule has 34 heavy (non-hydrogen) atoms. The van der Waals surface area contributed by atoms with Gasteiger partial charge < -0.3 is 15.0 Å². The number of carbonyl (C=O) groups excluding carboxylic acids is 2. The van der Waals surface area contributed by atoms with Gasteiger partial charge in [0.1, 0.15) is 17.1 Å². The zero-order chi connectivity index (χ0) is 24.7. The van der Waals surface area contributed by atoms with Gasteiger partial charge in [-0.2, -0.15) is 0 Å². The molecular weight excluding hydrogens is 441 g/mol. The van der Waals surface area contributed by atoms with E-state index in [-0.39, 0.29) is 28.9 Å². The fraction of sp³-hybridized carbons (Fsp3) is 0.440. The molecule has 0 unspecified atom stereocenters. The number of nitrogens with zero attached hydrogens (tertiary/aromatic N) is 2. The van der Waals surface area contributed by atoms with Crippen LogP contribution in [-0.2, 0) is 16.0 Å². The van der Waals surface area contributed by atoms with E-state index in [0.717, 1.165) is 38.4 Å². The molecular formula is C25H28FN3O5. The summed E-state index contributed by atoms with van der Waals surface area (Å²) in [4.78, 5) is 38.5. The number of amides is 1. The van der Waals surface area contributed by atoms with E-state index < -0.39 is 28.2 Å². The van der Waals surface area contributed by atoms with Crippen molar-refractivity contribution in [3.05, 3.63) is 63.5 Å². The van der Waals surface area contributed by atoms with Crippen molar-refractivity contribution >= 4 is 28.9 Å². The smallest absolute Gasteiger partial charge is 0.310 e.